The zero-order valence-electron chi connectivity index (χ0n) is 6.76. The van der Waals surface area contributed by atoms with Crippen molar-refractivity contribution in [3.8, 4) is 0 Å². The van der Waals surface area contributed by atoms with Crippen LogP contribution >= 0.6 is 38.5 Å². The molecule has 7 heteroatoms. The molecule has 0 N–H and O–H groups in total. The fourth-order valence-corrected chi connectivity index (χ4v) is 1.52. The number of halogens is 2. The third-order valence-electron chi connectivity index (χ3n) is 1.39. The van der Waals surface area contributed by atoms with Crippen molar-refractivity contribution >= 4 is 44.7 Å². The molecule has 0 radical (unpaired) electrons. The van der Waals surface area contributed by atoms with Crippen molar-refractivity contribution in [1.29, 1.82) is 0 Å². The highest BCUT2D eigenvalue weighted by Gasteiger charge is 2.02. The molecular weight excluding hydrogens is 363 g/mol. The van der Waals surface area contributed by atoms with Crippen LogP contribution in [0, 0.1) is 3.77 Å². The lowest BCUT2D eigenvalue weighted by Crippen LogP contribution is -1.84. The quantitative estimate of drug-likeness (QED) is 0.604. The summed E-state index contributed by atoms with van der Waals surface area (Å²) in [4.78, 5) is 0. The van der Waals surface area contributed by atoms with Crippen molar-refractivity contribution < 1.29 is 4.42 Å². The number of hydrogen-bond donors (Lipinski definition) is 0. The second kappa shape index (κ2) is 4.22. The molecule has 0 amide bonds. The average molecular weight is 367 g/mol. The highest BCUT2D eigenvalue weighted by Crippen LogP contribution is 2.21. The van der Waals surface area contributed by atoms with Crippen LogP contribution in [-0.2, 0) is 0 Å². The number of hydrogen-bond acceptors (Lipinski definition) is 4. The standard InChI is InChI=1S/C7H4BrIN4O/c8-6-1-5(14-7(6)9)2-12-13-3-10-11-4-13/h1-4H/b12-2-. The summed E-state index contributed by atoms with van der Waals surface area (Å²) < 4.78 is 8.56. The fourth-order valence-electron chi connectivity index (χ4n) is 0.805. The van der Waals surface area contributed by atoms with Gasteiger partial charge >= 0.3 is 0 Å². The van der Waals surface area contributed by atoms with E-state index in [-0.39, 0.29) is 0 Å². The molecule has 0 aliphatic carbocycles. The smallest absolute Gasteiger partial charge is 0.178 e. The van der Waals surface area contributed by atoms with Crippen LogP contribution in [-0.4, -0.2) is 21.1 Å². The summed E-state index contributed by atoms with van der Waals surface area (Å²) in [7, 11) is 0. The Morgan fingerprint density at radius 2 is 2.21 bits per heavy atom. The van der Waals surface area contributed by atoms with Crippen molar-refractivity contribution in [2.45, 2.75) is 0 Å². The minimum Gasteiger partial charge on any atom is -0.448 e. The number of aromatic nitrogens is 3. The van der Waals surface area contributed by atoms with Gasteiger partial charge in [-0.15, -0.1) is 10.2 Å². The molecule has 0 spiro atoms. The van der Waals surface area contributed by atoms with E-state index < -0.39 is 0 Å². The number of rotatable bonds is 2. The zero-order chi connectivity index (χ0) is 9.97. The summed E-state index contributed by atoms with van der Waals surface area (Å²) in [6.45, 7) is 0. The van der Waals surface area contributed by atoms with Crippen molar-refractivity contribution in [2.24, 2.45) is 5.10 Å². The monoisotopic (exact) mass is 366 g/mol. The second-order valence-electron chi connectivity index (χ2n) is 2.36. The molecule has 0 atom stereocenters. The SMILES string of the molecule is Brc1cc(/C=N\n2cnnc2)oc1I. The average Bonchev–Trinajstić information content (AvgIpc) is 2.74. The van der Waals surface area contributed by atoms with E-state index in [9.17, 15) is 0 Å². The Kier molecular flexibility index (Phi) is 2.96. The molecule has 0 unspecified atom stereocenters. The Hall–Kier alpha value is -0.700. The highest BCUT2D eigenvalue weighted by molar-refractivity contribution is 14.1. The molecule has 2 aromatic rings. The summed E-state index contributed by atoms with van der Waals surface area (Å²) in [5.41, 5.74) is 0. The van der Waals surface area contributed by atoms with Gasteiger partial charge in [-0.05, 0) is 15.9 Å². The molecule has 0 aliphatic heterocycles. The first kappa shape index (κ1) is 9.84. The molecule has 72 valence electrons. The molecular formula is C7H4BrIN4O. The molecule has 0 bridgehead atoms. The topological polar surface area (TPSA) is 56.2 Å². The van der Waals surface area contributed by atoms with E-state index in [1.807, 2.05) is 6.07 Å². The summed E-state index contributed by atoms with van der Waals surface area (Å²) in [6, 6.07) is 1.84. The van der Waals surface area contributed by atoms with Crippen LogP contribution in [0.4, 0.5) is 0 Å². The molecule has 2 aromatic heterocycles. The lowest BCUT2D eigenvalue weighted by Gasteiger charge is -1.86. The van der Waals surface area contributed by atoms with E-state index in [1.165, 1.54) is 17.3 Å². The summed E-state index contributed by atoms with van der Waals surface area (Å²) in [5, 5.41) is 11.3. The molecule has 0 aromatic carbocycles. The van der Waals surface area contributed by atoms with Gasteiger partial charge in [-0.2, -0.15) is 5.10 Å². The van der Waals surface area contributed by atoms with Crippen molar-refractivity contribution in [3.63, 3.8) is 0 Å². The summed E-state index contributed by atoms with van der Waals surface area (Å²) >= 11 is 5.43. The zero-order valence-corrected chi connectivity index (χ0v) is 10.5. The first-order valence-electron chi connectivity index (χ1n) is 3.59. The number of nitrogens with zero attached hydrogens (tertiary/aromatic N) is 4. The van der Waals surface area contributed by atoms with Crippen LogP contribution < -0.4 is 0 Å². The Morgan fingerprint density at radius 1 is 1.50 bits per heavy atom. The van der Waals surface area contributed by atoms with Gasteiger partial charge in [-0.3, -0.25) is 0 Å². The molecule has 0 saturated heterocycles. The van der Waals surface area contributed by atoms with E-state index in [4.69, 9.17) is 4.42 Å². The Bertz CT molecular complexity index is 431. The number of furan rings is 1. The third kappa shape index (κ3) is 2.21. The second-order valence-corrected chi connectivity index (χ2v) is 4.19. The molecule has 14 heavy (non-hydrogen) atoms. The molecule has 5 nitrogen and oxygen atoms in total. The predicted molar refractivity (Wildman–Crippen MR) is 62.1 cm³/mol. The first-order valence-corrected chi connectivity index (χ1v) is 5.46. The largest absolute Gasteiger partial charge is 0.448 e. The molecule has 0 fully saturated rings. The van der Waals surface area contributed by atoms with Crippen LogP contribution in [0.3, 0.4) is 0 Å². The van der Waals surface area contributed by atoms with Crippen LogP contribution in [0.2, 0.25) is 0 Å². The lowest BCUT2D eigenvalue weighted by molar-refractivity contribution is 0.529. The van der Waals surface area contributed by atoms with Gasteiger partial charge in [-0.1, -0.05) is 0 Å². The van der Waals surface area contributed by atoms with E-state index >= 15 is 0 Å². The van der Waals surface area contributed by atoms with Gasteiger partial charge in [0.15, 0.2) is 3.77 Å². The van der Waals surface area contributed by atoms with Gasteiger partial charge in [0.1, 0.15) is 18.4 Å². The van der Waals surface area contributed by atoms with Crippen molar-refractivity contribution in [2.75, 3.05) is 0 Å². The van der Waals surface area contributed by atoms with Gasteiger partial charge in [-0.25, -0.2) is 4.68 Å². The fraction of sp³-hybridized carbons (Fsp3) is 0. The van der Waals surface area contributed by atoms with Crippen molar-refractivity contribution in [1.82, 2.24) is 14.9 Å². The maximum absolute atomic E-state index is 5.35. The Labute approximate surface area is 101 Å². The summed E-state index contributed by atoms with van der Waals surface area (Å²) in [5.74, 6) is 0.676. The van der Waals surface area contributed by atoms with Crippen LogP contribution in [0.1, 0.15) is 5.76 Å². The normalized spacial score (nSPS) is 11.3. The summed E-state index contributed by atoms with van der Waals surface area (Å²) in [6.07, 6.45) is 4.59. The maximum Gasteiger partial charge on any atom is 0.178 e. The molecule has 2 heterocycles. The van der Waals surface area contributed by atoms with E-state index in [1.54, 1.807) is 6.21 Å². The molecule has 2 rings (SSSR count). The predicted octanol–water partition coefficient (Wildman–Crippen LogP) is 2.12. The Morgan fingerprint density at radius 3 is 2.79 bits per heavy atom. The van der Waals surface area contributed by atoms with Gasteiger partial charge in [0.05, 0.1) is 10.7 Å². The molecule has 0 saturated carbocycles. The highest BCUT2D eigenvalue weighted by atomic mass is 127. The van der Waals surface area contributed by atoms with Crippen LogP contribution in [0.15, 0.2) is 32.7 Å². The van der Waals surface area contributed by atoms with Crippen LogP contribution in [0.25, 0.3) is 0 Å². The minimum absolute atomic E-state index is 0.676. The van der Waals surface area contributed by atoms with E-state index in [0.717, 1.165) is 8.24 Å². The van der Waals surface area contributed by atoms with Crippen LogP contribution in [0.5, 0.6) is 0 Å². The van der Waals surface area contributed by atoms with Crippen molar-refractivity contribution in [3.05, 3.63) is 32.7 Å². The first-order chi connectivity index (χ1) is 6.75. The van der Waals surface area contributed by atoms with Gasteiger partial charge < -0.3 is 4.42 Å². The maximum atomic E-state index is 5.35. The van der Waals surface area contributed by atoms with Gasteiger partial charge in [0.25, 0.3) is 0 Å². The lowest BCUT2D eigenvalue weighted by atomic mass is 10.5. The molecule has 0 aliphatic rings. The van der Waals surface area contributed by atoms with Gasteiger partial charge in [0, 0.05) is 28.7 Å². The minimum atomic E-state index is 0.676. The van der Waals surface area contributed by atoms with E-state index in [2.05, 4.69) is 53.8 Å². The Balaban J connectivity index is 2.18. The van der Waals surface area contributed by atoms with E-state index in [0.29, 0.717) is 5.76 Å². The van der Waals surface area contributed by atoms with Gasteiger partial charge in [0.2, 0.25) is 0 Å². The third-order valence-corrected chi connectivity index (χ3v) is 3.52.